The van der Waals surface area contributed by atoms with Gasteiger partial charge in [0.25, 0.3) is 0 Å². The van der Waals surface area contributed by atoms with E-state index in [1.165, 1.54) is 18.4 Å². The molecule has 0 radical (unpaired) electrons. The van der Waals surface area contributed by atoms with E-state index >= 15 is 0 Å². The van der Waals surface area contributed by atoms with Gasteiger partial charge in [-0.3, -0.25) is 9.89 Å². The molecule has 3 rings (SSSR count). The fourth-order valence-corrected chi connectivity index (χ4v) is 3.75. The third-order valence-electron chi connectivity index (χ3n) is 5.11. The number of guanidine groups is 1. The van der Waals surface area contributed by atoms with Crippen LogP contribution in [0.5, 0.6) is 5.75 Å². The van der Waals surface area contributed by atoms with Gasteiger partial charge in [0.2, 0.25) is 0 Å². The van der Waals surface area contributed by atoms with Crippen LogP contribution in [0.3, 0.4) is 0 Å². The first-order valence-electron chi connectivity index (χ1n) is 9.31. The van der Waals surface area contributed by atoms with Crippen LogP contribution in [0.15, 0.2) is 41.4 Å². The van der Waals surface area contributed by atoms with Crippen LogP contribution in [-0.4, -0.2) is 50.7 Å². The Morgan fingerprint density at radius 3 is 2.64 bits per heavy atom. The molecule has 1 fully saturated rings. The van der Waals surface area contributed by atoms with E-state index in [0.717, 1.165) is 44.2 Å². The summed E-state index contributed by atoms with van der Waals surface area (Å²) in [5.41, 5.74) is 1.25. The molecule has 1 atom stereocenters. The van der Waals surface area contributed by atoms with Crippen LogP contribution in [0.4, 0.5) is 0 Å². The highest BCUT2D eigenvalue weighted by Crippen LogP contribution is 2.31. The monoisotopic (exact) mass is 342 g/mol. The standard InChI is InChI=1S/C20H30N4O/c1-21-20(23-16-9-3-4-10-16)22-15-18(24-13-7-8-14-24)17-11-5-6-12-19(17)25-2/h3-6,11-12,16,18H,7-10,13-15H2,1-2H3,(H2,21,22,23). The number of nitrogens with one attached hydrogen (secondary N) is 2. The first-order chi connectivity index (χ1) is 12.3. The average Bonchev–Trinajstić information content (AvgIpc) is 3.35. The molecule has 136 valence electrons. The van der Waals surface area contributed by atoms with Gasteiger partial charge in [-0.05, 0) is 44.8 Å². The number of ether oxygens (including phenoxy) is 1. The third kappa shape index (κ3) is 4.54. The highest BCUT2D eigenvalue weighted by atomic mass is 16.5. The zero-order valence-electron chi connectivity index (χ0n) is 15.4. The summed E-state index contributed by atoms with van der Waals surface area (Å²) in [6, 6.07) is 9.11. The van der Waals surface area contributed by atoms with Gasteiger partial charge in [0, 0.05) is 25.2 Å². The van der Waals surface area contributed by atoms with Gasteiger partial charge in [-0.25, -0.2) is 0 Å². The van der Waals surface area contributed by atoms with Crippen LogP contribution < -0.4 is 15.4 Å². The number of nitrogens with zero attached hydrogens (tertiary/aromatic N) is 2. The van der Waals surface area contributed by atoms with E-state index in [4.69, 9.17) is 4.74 Å². The maximum atomic E-state index is 5.62. The summed E-state index contributed by atoms with van der Waals surface area (Å²) < 4.78 is 5.62. The SMILES string of the molecule is CN=C(NCC(c1ccccc1OC)N1CCCC1)NC1CC=CC1. The second kappa shape index (κ2) is 8.90. The Balaban J connectivity index is 1.69. The second-order valence-corrected chi connectivity index (χ2v) is 6.74. The predicted octanol–water partition coefficient (Wildman–Crippen LogP) is 2.72. The summed E-state index contributed by atoms with van der Waals surface area (Å²) in [6.45, 7) is 3.10. The third-order valence-corrected chi connectivity index (χ3v) is 5.11. The Bertz CT molecular complexity index is 599. The van der Waals surface area contributed by atoms with Crippen LogP contribution in [0.25, 0.3) is 0 Å². The lowest BCUT2D eigenvalue weighted by atomic mass is 10.0. The largest absolute Gasteiger partial charge is 0.496 e. The highest BCUT2D eigenvalue weighted by molar-refractivity contribution is 5.80. The summed E-state index contributed by atoms with van der Waals surface area (Å²) in [6.07, 6.45) is 9.14. The molecule has 1 aromatic rings. The van der Waals surface area contributed by atoms with Gasteiger partial charge in [0.05, 0.1) is 13.2 Å². The van der Waals surface area contributed by atoms with Crippen molar-refractivity contribution < 1.29 is 4.74 Å². The van der Waals surface area contributed by atoms with Gasteiger partial charge in [-0.15, -0.1) is 0 Å². The first kappa shape index (κ1) is 17.8. The van der Waals surface area contributed by atoms with Gasteiger partial charge >= 0.3 is 0 Å². The number of methoxy groups -OCH3 is 1. The molecule has 1 aliphatic heterocycles. The van der Waals surface area contributed by atoms with Gasteiger partial charge in [0.1, 0.15) is 5.75 Å². The van der Waals surface area contributed by atoms with Crippen molar-refractivity contribution >= 4 is 5.96 Å². The summed E-state index contributed by atoms with van der Waals surface area (Å²) in [7, 11) is 3.59. The van der Waals surface area contributed by atoms with Gasteiger partial charge in [-0.1, -0.05) is 30.4 Å². The van der Waals surface area contributed by atoms with E-state index in [2.05, 4.69) is 50.9 Å². The minimum absolute atomic E-state index is 0.291. The van der Waals surface area contributed by atoms with E-state index < -0.39 is 0 Å². The molecule has 1 saturated heterocycles. The number of likely N-dealkylation sites (tertiary alicyclic amines) is 1. The van der Waals surface area contributed by atoms with Crippen LogP contribution in [-0.2, 0) is 0 Å². The zero-order valence-corrected chi connectivity index (χ0v) is 15.4. The fourth-order valence-electron chi connectivity index (χ4n) is 3.75. The summed E-state index contributed by atoms with van der Waals surface area (Å²) in [4.78, 5) is 6.95. The van der Waals surface area contributed by atoms with E-state index in [0.29, 0.717) is 12.1 Å². The number of hydrogen-bond acceptors (Lipinski definition) is 3. The van der Waals surface area contributed by atoms with Crippen molar-refractivity contribution in [2.45, 2.75) is 37.8 Å². The maximum Gasteiger partial charge on any atom is 0.191 e. The molecule has 1 aromatic carbocycles. The molecule has 0 aromatic heterocycles. The predicted molar refractivity (Wildman–Crippen MR) is 103 cm³/mol. The quantitative estimate of drug-likeness (QED) is 0.474. The molecule has 25 heavy (non-hydrogen) atoms. The van der Waals surface area contributed by atoms with Crippen molar-refractivity contribution in [1.82, 2.24) is 15.5 Å². The molecule has 1 unspecified atom stereocenters. The molecule has 5 heteroatoms. The lowest BCUT2D eigenvalue weighted by Gasteiger charge is -2.30. The number of para-hydroxylation sites is 1. The van der Waals surface area contributed by atoms with E-state index in [1.54, 1.807) is 7.11 Å². The maximum absolute atomic E-state index is 5.62. The number of rotatable bonds is 6. The van der Waals surface area contributed by atoms with Crippen molar-refractivity contribution in [3.05, 3.63) is 42.0 Å². The highest BCUT2D eigenvalue weighted by Gasteiger charge is 2.26. The number of hydrogen-bond donors (Lipinski definition) is 2. The van der Waals surface area contributed by atoms with Crippen molar-refractivity contribution in [2.24, 2.45) is 4.99 Å². The Morgan fingerprint density at radius 2 is 1.96 bits per heavy atom. The van der Waals surface area contributed by atoms with Crippen molar-refractivity contribution in [1.29, 1.82) is 0 Å². The zero-order chi connectivity index (χ0) is 17.5. The fraction of sp³-hybridized carbons (Fsp3) is 0.550. The van der Waals surface area contributed by atoms with Crippen LogP contribution >= 0.6 is 0 Å². The summed E-state index contributed by atoms with van der Waals surface area (Å²) in [5, 5.41) is 7.06. The Labute approximate surface area is 151 Å². The minimum atomic E-state index is 0.291. The van der Waals surface area contributed by atoms with Crippen molar-refractivity contribution in [3.63, 3.8) is 0 Å². The van der Waals surface area contributed by atoms with Crippen LogP contribution in [0.2, 0.25) is 0 Å². The number of aliphatic imine (C=N–C) groups is 1. The summed E-state index contributed by atoms with van der Waals surface area (Å²) in [5.74, 6) is 1.84. The Kier molecular flexibility index (Phi) is 6.34. The molecule has 2 aliphatic rings. The van der Waals surface area contributed by atoms with E-state index in [1.807, 2.05) is 13.1 Å². The molecular weight excluding hydrogens is 312 g/mol. The Hall–Kier alpha value is -2.01. The molecule has 0 spiro atoms. The smallest absolute Gasteiger partial charge is 0.191 e. The van der Waals surface area contributed by atoms with Gasteiger partial charge < -0.3 is 15.4 Å². The molecular formula is C20H30N4O. The minimum Gasteiger partial charge on any atom is -0.496 e. The van der Waals surface area contributed by atoms with E-state index in [9.17, 15) is 0 Å². The molecule has 1 heterocycles. The van der Waals surface area contributed by atoms with Crippen molar-refractivity contribution in [2.75, 3.05) is 33.8 Å². The lowest BCUT2D eigenvalue weighted by Crippen LogP contribution is -2.45. The van der Waals surface area contributed by atoms with E-state index in [-0.39, 0.29) is 0 Å². The normalized spacial score (nSPS) is 20.0. The average molecular weight is 342 g/mol. The van der Waals surface area contributed by atoms with Crippen molar-refractivity contribution in [3.8, 4) is 5.75 Å². The van der Waals surface area contributed by atoms with Gasteiger partial charge in [0.15, 0.2) is 5.96 Å². The van der Waals surface area contributed by atoms with Crippen LogP contribution in [0, 0.1) is 0 Å². The topological polar surface area (TPSA) is 48.9 Å². The molecule has 2 N–H and O–H groups in total. The number of benzene rings is 1. The Morgan fingerprint density at radius 1 is 1.24 bits per heavy atom. The molecule has 0 saturated carbocycles. The first-order valence-corrected chi connectivity index (χ1v) is 9.31. The summed E-state index contributed by atoms with van der Waals surface area (Å²) >= 11 is 0. The molecule has 0 amide bonds. The molecule has 1 aliphatic carbocycles. The lowest BCUT2D eigenvalue weighted by molar-refractivity contribution is 0.239. The van der Waals surface area contributed by atoms with Gasteiger partial charge in [-0.2, -0.15) is 0 Å². The molecule has 5 nitrogen and oxygen atoms in total. The van der Waals surface area contributed by atoms with Crippen LogP contribution in [0.1, 0.15) is 37.3 Å². The second-order valence-electron chi connectivity index (χ2n) is 6.74. The molecule has 0 bridgehead atoms.